The van der Waals surface area contributed by atoms with E-state index in [1.54, 1.807) is 11.3 Å². The molecule has 3 nitrogen and oxygen atoms in total. The summed E-state index contributed by atoms with van der Waals surface area (Å²) in [5.41, 5.74) is 1.86. The molecule has 1 atom stereocenters. The summed E-state index contributed by atoms with van der Waals surface area (Å²) in [7, 11) is 0. The zero-order valence-electron chi connectivity index (χ0n) is 10.2. The highest BCUT2D eigenvalue weighted by molar-refractivity contribution is 7.16. The summed E-state index contributed by atoms with van der Waals surface area (Å²) in [5, 5.41) is 12.8. The summed E-state index contributed by atoms with van der Waals surface area (Å²) in [6.45, 7) is 4.05. The number of anilines is 1. The van der Waals surface area contributed by atoms with Crippen LogP contribution < -0.4 is 5.32 Å². The van der Waals surface area contributed by atoms with E-state index in [0.29, 0.717) is 17.9 Å². The van der Waals surface area contributed by atoms with E-state index in [1.165, 1.54) is 10.4 Å². The lowest BCUT2D eigenvalue weighted by atomic mass is 9.89. The van der Waals surface area contributed by atoms with Crippen molar-refractivity contribution in [3.05, 3.63) is 16.0 Å². The Kier molecular flexibility index (Phi) is 3.49. The molecule has 4 heteroatoms. The number of nitrogens with one attached hydrogen (secondary N) is 1. The number of amides is 1. The number of thiophene rings is 1. The largest absolute Gasteiger partial charge is 0.317 e. The Labute approximate surface area is 105 Å². The zero-order chi connectivity index (χ0) is 12.4. The van der Waals surface area contributed by atoms with Crippen molar-refractivity contribution in [3.8, 4) is 6.07 Å². The number of hydrogen-bond donors (Lipinski definition) is 1. The monoisotopic (exact) mass is 248 g/mol. The first kappa shape index (κ1) is 12.1. The average Bonchev–Trinajstić information content (AvgIpc) is 2.64. The number of nitrogens with zero attached hydrogens (tertiary/aromatic N) is 1. The van der Waals surface area contributed by atoms with Crippen molar-refractivity contribution in [1.82, 2.24) is 0 Å². The van der Waals surface area contributed by atoms with Gasteiger partial charge in [0.05, 0.1) is 5.56 Å². The van der Waals surface area contributed by atoms with E-state index in [2.05, 4.69) is 18.3 Å². The molecule has 0 spiro atoms. The molecular formula is C13H16N2OS. The van der Waals surface area contributed by atoms with Gasteiger partial charge in [-0.05, 0) is 30.7 Å². The summed E-state index contributed by atoms with van der Waals surface area (Å²) in [6.07, 6.45) is 3.60. The topological polar surface area (TPSA) is 52.9 Å². The van der Waals surface area contributed by atoms with Gasteiger partial charge in [0.15, 0.2) is 0 Å². The minimum absolute atomic E-state index is 0.0202. The van der Waals surface area contributed by atoms with Gasteiger partial charge in [0.25, 0.3) is 0 Å². The van der Waals surface area contributed by atoms with Crippen molar-refractivity contribution in [3.63, 3.8) is 0 Å². The normalized spacial score (nSPS) is 18.3. The Morgan fingerprint density at radius 2 is 2.41 bits per heavy atom. The van der Waals surface area contributed by atoms with Gasteiger partial charge in [0.2, 0.25) is 5.91 Å². The standard InChI is InChI=1S/C13H16N2OS/c1-3-12(16)15-13-10(7-14)9-5-4-8(2)6-11(9)17-13/h8H,3-6H2,1-2H3,(H,15,16)/t8-/m1/s1. The summed E-state index contributed by atoms with van der Waals surface area (Å²) in [4.78, 5) is 12.7. The lowest BCUT2D eigenvalue weighted by Gasteiger charge is -2.17. The second-order valence-electron chi connectivity index (χ2n) is 4.57. The molecule has 1 aromatic heterocycles. The molecule has 0 saturated heterocycles. The van der Waals surface area contributed by atoms with Crippen LogP contribution in [-0.4, -0.2) is 5.91 Å². The van der Waals surface area contributed by atoms with Crippen LogP contribution in [0.4, 0.5) is 5.00 Å². The first-order chi connectivity index (χ1) is 8.15. The van der Waals surface area contributed by atoms with Crippen molar-refractivity contribution in [1.29, 1.82) is 5.26 Å². The van der Waals surface area contributed by atoms with E-state index in [4.69, 9.17) is 0 Å². The van der Waals surface area contributed by atoms with Crippen molar-refractivity contribution in [2.24, 2.45) is 5.92 Å². The predicted molar refractivity (Wildman–Crippen MR) is 69.1 cm³/mol. The second kappa shape index (κ2) is 4.89. The molecule has 1 heterocycles. The van der Waals surface area contributed by atoms with E-state index >= 15 is 0 Å². The number of rotatable bonds is 2. The van der Waals surface area contributed by atoms with E-state index in [9.17, 15) is 10.1 Å². The molecular weight excluding hydrogens is 232 g/mol. The number of carbonyl (C=O) groups excluding carboxylic acids is 1. The Morgan fingerprint density at radius 3 is 3.06 bits per heavy atom. The maximum atomic E-state index is 11.4. The quantitative estimate of drug-likeness (QED) is 0.874. The molecule has 0 aliphatic heterocycles. The minimum atomic E-state index is -0.0202. The van der Waals surface area contributed by atoms with E-state index in [-0.39, 0.29) is 5.91 Å². The number of fused-ring (bicyclic) bond motifs is 1. The van der Waals surface area contributed by atoms with Gasteiger partial charge in [-0.3, -0.25) is 4.79 Å². The summed E-state index contributed by atoms with van der Waals surface area (Å²) < 4.78 is 0. The molecule has 0 fully saturated rings. The lowest BCUT2D eigenvalue weighted by Crippen LogP contribution is -2.10. The Balaban J connectivity index is 2.34. The zero-order valence-corrected chi connectivity index (χ0v) is 11.0. The molecule has 17 heavy (non-hydrogen) atoms. The SMILES string of the molecule is CCC(=O)Nc1sc2c(c1C#N)CC[C@@H](C)C2. The molecule has 1 N–H and O–H groups in total. The van der Waals surface area contributed by atoms with Crippen LogP contribution in [0.1, 0.15) is 42.7 Å². The van der Waals surface area contributed by atoms with E-state index < -0.39 is 0 Å². The van der Waals surface area contributed by atoms with Crippen molar-refractivity contribution in [2.75, 3.05) is 5.32 Å². The highest BCUT2D eigenvalue weighted by atomic mass is 32.1. The fraction of sp³-hybridized carbons (Fsp3) is 0.538. The number of nitriles is 1. The maximum Gasteiger partial charge on any atom is 0.224 e. The third-order valence-electron chi connectivity index (χ3n) is 3.20. The number of carbonyl (C=O) groups is 1. The molecule has 90 valence electrons. The van der Waals surface area contributed by atoms with Crippen LogP contribution in [0.2, 0.25) is 0 Å². The van der Waals surface area contributed by atoms with Gasteiger partial charge in [-0.25, -0.2) is 0 Å². The molecule has 1 amide bonds. The van der Waals surface area contributed by atoms with Crippen LogP contribution in [0.3, 0.4) is 0 Å². The van der Waals surface area contributed by atoms with Crippen molar-refractivity contribution in [2.45, 2.75) is 39.5 Å². The predicted octanol–water partition coefficient (Wildman–Crippen LogP) is 3.09. The summed E-state index contributed by atoms with van der Waals surface area (Å²) in [6, 6.07) is 2.24. The molecule has 1 aromatic rings. The third kappa shape index (κ3) is 2.34. The van der Waals surface area contributed by atoms with Gasteiger partial charge >= 0.3 is 0 Å². The maximum absolute atomic E-state index is 11.4. The molecule has 2 rings (SSSR count). The van der Waals surface area contributed by atoms with Crippen LogP contribution >= 0.6 is 11.3 Å². The first-order valence-corrected chi connectivity index (χ1v) is 6.81. The van der Waals surface area contributed by atoms with Crippen molar-refractivity contribution >= 4 is 22.2 Å². The Hall–Kier alpha value is -1.34. The van der Waals surface area contributed by atoms with Gasteiger partial charge in [-0.1, -0.05) is 13.8 Å². The highest BCUT2D eigenvalue weighted by Crippen LogP contribution is 2.39. The van der Waals surface area contributed by atoms with E-state index in [1.807, 2.05) is 6.92 Å². The van der Waals surface area contributed by atoms with Gasteiger partial charge in [-0.2, -0.15) is 5.26 Å². The minimum Gasteiger partial charge on any atom is -0.317 e. The summed E-state index contributed by atoms with van der Waals surface area (Å²) in [5.74, 6) is 0.663. The van der Waals surface area contributed by atoms with Crippen LogP contribution in [0.25, 0.3) is 0 Å². The first-order valence-electron chi connectivity index (χ1n) is 6.00. The second-order valence-corrected chi connectivity index (χ2v) is 5.67. The molecule has 1 aliphatic rings. The fourth-order valence-electron chi connectivity index (χ4n) is 2.17. The highest BCUT2D eigenvalue weighted by Gasteiger charge is 2.24. The van der Waals surface area contributed by atoms with Gasteiger partial charge in [-0.15, -0.1) is 11.3 Å². The van der Waals surface area contributed by atoms with Crippen LogP contribution in [0.5, 0.6) is 0 Å². The molecule has 1 aliphatic carbocycles. The number of hydrogen-bond acceptors (Lipinski definition) is 3. The lowest BCUT2D eigenvalue weighted by molar-refractivity contribution is -0.115. The van der Waals surface area contributed by atoms with Gasteiger partial charge in [0, 0.05) is 11.3 Å². The van der Waals surface area contributed by atoms with Gasteiger partial charge < -0.3 is 5.32 Å². The van der Waals surface area contributed by atoms with E-state index in [0.717, 1.165) is 24.3 Å². The molecule has 0 unspecified atom stereocenters. The van der Waals surface area contributed by atoms with Crippen molar-refractivity contribution < 1.29 is 4.79 Å². The Morgan fingerprint density at radius 1 is 1.65 bits per heavy atom. The molecule has 0 aromatic carbocycles. The van der Waals surface area contributed by atoms with Crippen LogP contribution in [0, 0.1) is 17.2 Å². The summed E-state index contributed by atoms with van der Waals surface area (Å²) >= 11 is 1.58. The Bertz CT molecular complexity index is 484. The third-order valence-corrected chi connectivity index (χ3v) is 4.37. The van der Waals surface area contributed by atoms with Gasteiger partial charge in [0.1, 0.15) is 11.1 Å². The average molecular weight is 248 g/mol. The fourth-order valence-corrected chi connectivity index (χ4v) is 3.55. The molecule has 0 radical (unpaired) electrons. The van der Waals surface area contributed by atoms with Crippen LogP contribution in [-0.2, 0) is 17.6 Å². The molecule has 0 saturated carbocycles. The van der Waals surface area contributed by atoms with Crippen LogP contribution in [0.15, 0.2) is 0 Å². The smallest absolute Gasteiger partial charge is 0.224 e. The molecule has 0 bridgehead atoms.